The number of aryl methyl sites for hydroxylation is 3. The van der Waals surface area contributed by atoms with Gasteiger partial charge >= 0.3 is 6.03 Å². The molecule has 2 aromatic rings. The number of nitrogens with one attached hydrogen (secondary N) is 1. The zero-order valence-electron chi connectivity index (χ0n) is 13.2. The number of rotatable bonds is 2. The second-order valence-electron chi connectivity index (χ2n) is 5.89. The highest BCUT2D eigenvalue weighted by Gasteiger charge is 2.33. The molecule has 1 atom stereocenters. The van der Waals surface area contributed by atoms with Crippen molar-refractivity contribution in [1.82, 2.24) is 10.1 Å². The number of aromatic nitrogens is 1. The number of hydrogen-bond acceptors (Lipinski definition) is 3. The van der Waals surface area contributed by atoms with Gasteiger partial charge in [0.05, 0.1) is 11.7 Å². The Kier molecular flexibility index (Phi) is 3.88. The van der Waals surface area contributed by atoms with E-state index in [4.69, 9.17) is 4.52 Å². The maximum absolute atomic E-state index is 12.6. The summed E-state index contributed by atoms with van der Waals surface area (Å²) < 4.78 is 5.26. The lowest BCUT2D eigenvalue weighted by atomic mass is 10.0. The number of benzene rings is 1. The first-order valence-electron chi connectivity index (χ1n) is 7.63. The fourth-order valence-electron chi connectivity index (χ4n) is 3.11. The molecule has 0 unspecified atom stereocenters. The zero-order valence-corrected chi connectivity index (χ0v) is 13.2. The van der Waals surface area contributed by atoms with Crippen molar-refractivity contribution in [1.29, 1.82) is 0 Å². The molecule has 1 saturated heterocycles. The summed E-state index contributed by atoms with van der Waals surface area (Å²) in [6, 6.07) is 7.82. The van der Waals surface area contributed by atoms with Crippen LogP contribution < -0.4 is 5.32 Å². The van der Waals surface area contributed by atoms with Crippen LogP contribution in [0.4, 0.5) is 10.5 Å². The van der Waals surface area contributed by atoms with E-state index in [1.54, 1.807) is 0 Å². The molecule has 5 nitrogen and oxygen atoms in total. The average Bonchev–Trinajstić information content (AvgIpc) is 3.08. The van der Waals surface area contributed by atoms with Crippen LogP contribution in [0.1, 0.15) is 41.5 Å². The summed E-state index contributed by atoms with van der Waals surface area (Å²) in [6.45, 7) is 6.62. The van der Waals surface area contributed by atoms with Crippen LogP contribution in [0.2, 0.25) is 0 Å². The molecule has 22 heavy (non-hydrogen) atoms. The van der Waals surface area contributed by atoms with Crippen LogP contribution in [0.15, 0.2) is 28.8 Å². The van der Waals surface area contributed by atoms with Gasteiger partial charge in [-0.15, -0.1) is 0 Å². The lowest BCUT2D eigenvalue weighted by Gasteiger charge is -2.25. The highest BCUT2D eigenvalue weighted by atomic mass is 16.5. The molecule has 2 heterocycles. The van der Waals surface area contributed by atoms with Crippen LogP contribution >= 0.6 is 0 Å². The van der Waals surface area contributed by atoms with Crippen molar-refractivity contribution in [3.8, 4) is 0 Å². The Morgan fingerprint density at radius 1 is 1.27 bits per heavy atom. The molecule has 116 valence electrons. The monoisotopic (exact) mass is 299 g/mol. The first-order valence-corrected chi connectivity index (χ1v) is 7.63. The Morgan fingerprint density at radius 3 is 2.64 bits per heavy atom. The first-order chi connectivity index (χ1) is 10.6. The van der Waals surface area contributed by atoms with E-state index in [1.807, 2.05) is 49.9 Å². The molecule has 1 fully saturated rings. The predicted molar refractivity (Wildman–Crippen MR) is 84.9 cm³/mol. The standard InChI is InChI=1S/C17H21N3O2/c1-11-6-8-14(9-7-11)18-17(21)20-10-4-5-15(20)16-12(2)19-22-13(16)3/h6-9,15H,4-5,10H2,1-3H3,(H,18,21)/t15-/m1/s1. The average molecular weight is 299 g/mol. The van der Waals surface area contributed by atoms with Crippen LogP contribution in [0.25, 0.3) is 0 Å². The number of amides is 2. The van der Waals surface area contributed by atoms with Crippen LogP contribution in [0.3, 0.4) is 0 Å². The largest absolute Gasteiger partial charge is 0.361 e. The summed E-state index contributed by atoms with van der Waals surface area (Å²) in [7, 11) is 0. The van der Waals surface area contributed by atoms with Gasteiger partial charge in [-0.1, -0.05) is 22.9 Å². The zero-order chi connectivity index (χ0) is 15.7. The van der Waals surface area contributed by atoms with E-state index in [-0.39, 0.29) is 12.1 Å². The molecule has 5 heteroatoms. The van der Waals surface area contributed by atoms with E-state index in [1.165, 1.54) is 5.56 Å². The van der Waals surface area contributed by atoms with Gasteiger partial charge in [0.2, 0.25) is 0 Å². The van der Waals surface area contributed by atoms with Gasteiger partial charge in [0.1, 0.15) is 5.76 Å². The van der Waals surface area contributed by atoms with Crippen molar-refractivity contribution in [3.05, 3.63) is 46.8 Å². The minimum Gasteiger partial charge on any atom is -0.361 e. The normalized spacial score (nSPS) is 17.8. The van der Waals surface area contributed by atoms with Crippen molar-refractivity contribution >= 4 is 11.7 Å². The topological polar surface area (TPSA) is 58.4 Å². The van der Waals surface area contributed by atoms with Gasteiger partial charge in [-0.2, -0.15) is 0 Å². The Hall–Kier alpha value is -2.30. The third-order valence-electron chi connectivity index (χ3n) is 4.24. The quantitative estimate of drug-likeness (QED) is 0.912. The summed E-state index contributed by atoms with van der Waals surface area (Å²) >= 11 is 0. The van der Waals surface area contributed by atoms with E-state index in [2.05, 4.69) is 10.5 Å². The van der Waals surface area contributed by atoms with Crippen LogP contribution in [-0.4, -0.2) is 22.6 Å². The number of urea groups is 1. The third kappa shape index (κ3) is 2.71. The van der Waals surface area contributed by atoms with Crippen molar-refractivity contribution in [3.63, 3.8) is 0 Å². The van der Waals surface area contributed by atoms with Gasteiger partial charge in [-0.3, -0.25) is 0 Å². The van der Waals surface area contributed by atoms with Gasteiger partial charge in [0.15, 0.2) is 0 Å². The van der Waals surface area contributed by atoms with Gasteiger partial charge in [0, 0.05) is 17.8 Å². The third-order valence-corrected chi connectivity index (χ3v) is 4.24. The molecule has 3 rings (SSSR count). The molecular formula is C17H21N3O2. The fourth-order valence-corrected chi connectivity index (χ4v) is 3.11. The molecule has 1 aromatic heterocycles. The summed E-state index contributed by atoms with van der Waals surface area (Å²) in [5.74, 6) is 0.803. The number of nitrogens with zero attached hydrogens (tertiary/aromatic N) is 2. The smallest absolute Gasteiger partial charge is 0.322 e. The van der Waals surface area contributed by atoms with Gasteiger partial charge in [0.25, 0.3) is 0 Å². The SMILES string of the molecule is Cc1ccc(NC(=O)N2CCC[C@@H]2c2c(C)noc2C)cc1. The van der Waals surface area contributed by atoms with Crippen molar-refractivity contribution in [2.24, 2.45) is 0 Å². The number of hydrogen-bond donors (Lipinski definition) is 1. The second kappa shape index (κ2) is 5.83. The molecule has 1 aliphatic heterocycles. The molecule has 1 aliphatic rings. The molecular weight excluding hydrogens is 278 g/mol. The van der Waals surface area contributed by atoms with E-state index in [0.29, 0.717) is 0 Å². The van der Waals surface area contributed by atoms with Crippen LogP contribution in [-0.2, 0) is 0 Å². The molecule has 0 spiro atoms. The van der Waals surface area contributed by atoms with Crippen molar-refractivity contribution in [2.45, 2.75) is 39.7 Å². The molecule has 0 saturated carbocycles. The second-order valence-corrected chi connectivity index (χ2v) is 5.89. The Morgan fingerprint density at radius 2 is 2.00 bits per heavy atom. The van der Waals surface area contributed by atoms with Crippen LogP contribution in [0, 0.1) is 20.8 Å². The van der Waals surface area contributed by atoms with Crippen molar-refractivity contribution < 1.29 is 9.32 Å². The molecule has 0 radical (unpaired) electrons. The molecule has 0 aliphatic carbocycles. The van der Waals surface area contributed by atoms with Gasteiger partial charge in [-0.25, -0.2) is 4.79 Å². The van der Waals surface area contributed by atoms with Crippen molar-refractivity contribution in [2.75, 3.05) is 11.9 Å². The summed E-state index contributed by atoms with van der Waals surface area (Å²) in [5, 5.41) is 6.99. The van der Waals surface area contributed by atoms with Crippen LogP contribution in [0.5, 0.6) is 0 Å². The molecule has 1 N–H and O–H groups in total. The Balaban J connectivity index is 1.78. The number of likely N-dealkylation sites (tertiary alicyclic amines) is 1. The Bertz CT molecular complexity index is 656. The van der Waals surface area contributed by atoms with E-state index in [9.17, 15) is 4.79 Å². The molecule has 2 amide bonds. The predicted octanol–water partition coefficient (Wildman–Crippen LogP) is 3.97. The van der Waals surface area contributed by atoms with Gasteiger partial charge in [-0.05, 0) is 45.7 Å². The lowest BCUT2D eigenvalue weighted by molar-refractivity contribution is 0.206. The molecule has 1 aromatic carbocycles. The van der Waals surface area contributed by atoms with E-state index >= 15 is 0 Å². The first kappa shape index (κ1) is 14.6. The highest BCUT2D eigenvalue weighted by molar-refractivity contribution is 5.89. The number of carbonyl (C=O) groups excluding carboxylic acids is 1. The van der Waals surface area contributed by atoms with E-state index < -0.39 is 0 Å². The van der Waals surface area contributed by atoms with Gasteiger partial charge < -0.3 is 14.7 Å². The summed E-state index contributed by atoms with van der Waals surface area (Å²) in [6.07, 6.45) is 1.94. The maximum atomic E-state index is 12.6. The minimum atomic E-state index is -0.0636. The number of carbonyl (C=O) groups is 1. The lowest BCUT2D eigenvalue weighted by Crippen LogP contribution is -2.34. The minimum absolute atomic E-state index is 0.0525. The summed E-state index contributed by atoms with van der Waals surface area (Å²) in [5.41, 5.74) is 3.92. The number of anilines is 1. The summed E-state index contributed by atoms with van der Waals surface area (Å²) in [4.78, 5) is 14.5. The fraction of sp³-hybridized carbons (Fsp3) is 0.412. The maximum Gasteiger partial charge on any atom is 0.322 e. The highest BCUT2D eigenvalue weighted by Crippen LogP contribution is 2.35. The Labute approximate surface area is 130 Å². The molecule has 0 bridgehead atoms. The van der Waals surface area contributed by atoms with E-state index in [0.717, 1.165) is 42.1 Å².